The Balaban J connectivity index is 1.57. The second kappa shape index (κ2) is 8.25. The van der Waals surface area contributed by atoms with Crippen molar-refractivity contribution in [2.24, 2.45) is 0 Å². The Morgan fingerprint density at radius 2 is 2.07 bits per heavy atom. The van der Waals surface area contributed by atoms with Crippen LogP contribution in [0.5, 0.6) is 11.5 Å². The highest BCUT2D eigenvalue weighted by molar-refractivity contribution is 7.09. The molecule has 0 N–H and O–H groups in total. The fourth-order valence-corrected chi connectivity index (χ4v) is 4.31. The standard InChI is InChI=1S/C22H20ClNO3S/c1-26-19-7-3-2-5-15(19)13-24(14-18-6-4-10-28-18)22(25)21-12-16-11-17(23)8-9-20(16)27-21/h2-11,21H,12-14H2,1H3/t21-/m1/s1. The number of halogens is 1. The van der Waals surface area contributed by atoms with E-state index in [9.17, 15) is 4.79 Å². The maximum atomic E-state index is 13.4. The Bertz CT molecular complexity index is 974. The summed E-state index contributed by atoms with van der Waals surface area (Å²) in [6.07, 6.45) is -0.00941. The van der Waals surface area contributed by atoms with E-state index in [1.807, 2.05) is 58.8 Å². The summed E-state index contributed by atoms with van der Waals surface area (Å²) >= 11 is 7.72. The molecule has 0 bridgehead atoms. The Morgan fingerprint density at radius 1 is 1.21 bits per heavy atom. The van der Waals surface area contributed by atoms with Crippen molar-refractivity contribution in [3.63, 3.8) is 0 Å². The molecule has 6 heteroatoms. The first-order valence-corrected chi connectivity index (χ1v) is 10.3. The minimum atomic E-state index is -0.539. The van der Waals surface area contributed by atoms with Gasteiger partial charge < -0.3 is 14.4 Å². The van der Waals surface area contributed by atoms with Gasteiger partial charge in [-0.1, -0.05) is 35.9 Å². The molecule has 3 aromatic rings. The number of amides is 1. The molecule has 1 aliphatic rings. The summed E-state index contributed by atoms with van der Waals surface area (Å²) in [6.45, 7) is 0.989. The Hall–Kier alpha value is -2.50. The van der Waals surface area contributed by atoms with Crippen LogP contribution in [0.15, 0.2) is 60.0 Å². The summed E-state index contributed by atoms with van der Waals surface area (Å²) in [5.74, 6) is 1.47. The summed E-state index contributed by atoms with van der Waals surface area (Å²) < 4.78 is 11.4. The van der Waals surface area contributed by atoms with E-state index in [1.54, 1.807) is 24.5 Å². The topological polar surface area (TPSA) is 38.8 Å². The Kier molecular flexibility index (Phi) is 5.55. The average Bonchev–Trinajstić information content (AvgIpc) is 3.36. The first-order chi connectivity index (χ1) is 13.6. The van der Waals surface area contributed by atoms with Crippen LogP contribution in [0.2, 0.25) is 5.02 Å². The molecule has 0 radical (unpaired) electrons. The maximum Gasteiger partial charge on any atom is 0.264 e. The van der Waals surface area contributed by atoms with Crippen LogP contribution < -0.4 is 9.47 Å². The molecule has 0 saturated heterocycles. The van der Waals surface area contributed by atoms with Gasteiger partial charge in [-0.2, -0.15) is 0 Å². The largest absolute Gasteiger partial charge is 0.496 e. The third kappa shape index (κ3) is 4.01. The van der Waals surface area contributed by atoms with Gasteiger partial charge in [0.2, 0.25) is 0 Å². The van der Waals surface area contributed by atoms with E-state index < -0.39 is 6.10 Å². The van der Waals surface area contributed by atoms with E-state index in [2.05, 4.69) is 0 Å². The number of hydrogen-bond acceptors (Lipinski definition) is 4. The van der Waals surface area contributed by atoms with Crippen molar-refractivity contribution in [3.05, 3.63) is 81.0 Å². The van der Waals surface area contributed by atoms with E-state index in [-0.39, 0.29) is 5.91 Å². The normalized spacial score (nSPS) is 15.0. The number of methoxy groups -OCH3 is 1. The number of hydrogen-bond donors (Lipinski definition) is 0. The van der Waals surface area contributed by atoms with Crippen molar-refractivity contribution in [1.29, 1.82) is 0 Å². The molecule has 1 aliphatic heterocycles. The second-order valence-corrected chi connectivity index (χ2v) is 8.12. The lowest BCUT2D eigenvalue weighted by molar-refractivity contribution is -0.139. The zero-order chi connectivity index (χ0) is 19.5. The van der Waals surface area contributed by atoms with Crippen LogP contribution in [-0.4, -0.2) is 24.0 Å². The molecular weight excluding hydrogens is 394 g/mol. The van der Waals surface area contributed by atoms with Gasteiger partial charge in [0.1, 0.15) is 11.5 Å². The summed E-state index contributed by atoms with van der Waals surface area (Å²) in [5, 5.41) is 2.67. The van der Waals surface area contributed by atoms with Crippen molar-refractivity contribution in [1.82, 2.24) is 4.90 Å². The molecule has 144 valence electrons. The van der Waals surface area contributed by atoms with Crippen molar-refractivity contribution in [3.8, 4) is 11.5 Å². The molecule has 1 aromatic heterocycles. The number of fused-ring (bicyclic) bond motifs is 1. The molecule has 1 atom stereocenters. The molecule has 2 heterocycles. The molecule has 0 unspecified atom stereocenters. The van der Waals surface area contributed by atoms with Gasteiger partial charge in [-0.25, -0.2) is 0 Å². The Labute approximate surface area is 173 Å². The average molecular weight is 414 g/mol. The lowest BCUT2D eigenvalue weighted by Gasteiger charge is -2.26. The van der Waals surface area contributed by atoms with Gasteiger partial charge in [0.05, 0.1) is 13.7 Å². The third-order valence-corrected chi connectivity index (χ3v) is 5.86. The monoisotopic (exact) mass is 413 g/mol. The molecule has 1 amide bonds. The molecule has 0 saturated carbocycles. The highest BCUT2D eigenvalue weighted by Gasteiger charge is 2.33. The number of carbonyl (C=O) groups is 1. The van der Waals surface area contributed by atoms with Crippen molar-refractivity contribution < 1.29 is 14.3 Å². The maximum absolute atomic E-state index is 13.4. The molecule has 0 fully saturated rings. The molecule has 2 aromatic carbocycles. The van der Waals surface area contributed by atoms with E-state index in [4.69, 9.17) is 21.1 Å². The minimum Gasteiger partial charge on any atom is -0.496 e. The van der Waals surface area contributed by atoms with Crippen LogP contribution in [0.4, 0.5) is 0 Å². The van der Waals surface area contributed by atoms with Gasteiger partial charge in [0, 0.05) is 28.4 Å². The molecule has 4 rings (SSSR count). The number of ether oxygens (including phenoxy) is 2. The van der Waals surface area contributed by atoms with Gasteiger partial charge in [-0.3, -0.25) is 4.79 Å². The summed E-state index contributed by atoms with van der Waals surface area (Å²) in [7, 11) is 1.64. The van der Waals surface area contributed by atoms with Crippen molar-refractivity contribution in [2.45, 2.75) is 25.6 Å². The molecule has 0 spiro atoms. The number of benzene rings is 2. The number of rotatable bonds is 6. The summed E-state index contributed by atoms with van der Waals surface area (Å²) in [6, 6.07) is 17.3. The second-order valence-electron chi connectivity index (χ2n) is 6.65. The van der Waals surface area contributed by atoms with Gasteiger partial charge in [-0.15, -0.1) is 11.3 Å². The van der Waals surface area contributed by atoms with Crippen LogP contribution in [0, 0.1) is 0 Å². The number of carbonyl (C=O) groups excluding carboxylic acids is 1. The molecule has 28 heavy (non-hydrogen) atoms. The molecule has 0 aliphatic carbocycles. The first-order valence-electron chi connectivity index (χ1n) is 9.02. The van der Waals surface area contributed by atoms with E-state index >= 15 is 0 Å². The number of nitrogens with zero attached hydrogens (tertiary/aromatic N) is 1. The smallest absolute Gasteiger partial charge is 0.264 e. The number of thiophene rings is 1. The predicted octanol–water partition coefficient (Wildman–Crippen LogP) is 4.94. The van der Waals surface area contributed by atoms with E-state index in [1.165, 1.54) is 0 Å². The molecular formula is C22H20ClNO3S. The Morgan fingerprint density at radius 3 is 2.86 bits per heavy atom. The SMILES string of the molecule is COc1ccccc1CN(Cc1cccs1)C(=O)[C@H]1Cc2cc(Cl)ccc2O1. The zero-order valence-corrected chi connectivity index (χ0v) is 17.0. The van der Waals surface area contributed by atoms with E-state index in [0.717, 1.165) is 27.5 Å². The fraction of sp³-hybridized carbons (Fsp3) is 0.227. The van der Waals surface area contributed by atoms with Gasteiger partial charge in [0.15, 0.2) is 6.10 Å². The van der Waals surface area contributed by atoms with E-state index in [0.29, 0.717) is 24.5 Å². The van der Waals surface area contributed by atoms with Gasteiger partial charge in [-0.05, 0) is 41.3 Å². The van der Waals surface area contributed by atoms with Crippen LogP contribution in [-0.2, 0) is 24.3 Å². The first kappa shape index (κ1) is 18.8. The molecule has 4 nitrogen and oxygen atoms in total. The quantitative estimate of drug-likeness (QED) is 0.574. The van der Waals surface area contributed by atoms with Crippen LogP contribution in [0.1, 0.15) is 16.0 Å². The highest BCUT2D eigenvalue weighted by atomic mass is 35.5. The van der Waals surface area contributed by atoms with Crippen LogP contribution in [0.3, 0.4) is 0 Å². The highest BCUT2D eigenvalue weighted by Crippen LogP contribution is 2.32. The van der Waals surface area contributed by atoms with Crippen LogP contribution in [0.25, 0.3) is 0 Å². The van der Waals surface area contributed by atoms with Crippen LogP contribution >= 0.6 is 22.9 Å². The van der Waals surface area contributed by atoms with Crippen molar-refractivity contribution in [2.75, 3.05) is 7.11 Å². The minimum absolute atomic E-state index is 0.0355. The van der Waals surface area contributed by atoms with Crippen molar-refractivity contribution >= 4 is 28.8 Å². The number of para-hydroxylation sites is 1. The fourth-order valence-electron chi connectivity index (χ4n) is 3.40. The lowest BCUT2D eigenvalue weighted by Crippen LogP contribution is -2.40. The zero-order valence-electron chi connectivity index (χ0n) is 15.4. The summed E-state index contributed by atoms with van der Waals surface area (Å²) in [4.78, 5) is 16.3. The predicted molar refractivity (Wildman–Crippen MR) is 111 cm³/mol. The van der Waals surface area contributed by atoms with Gasteiger partial charge >= 0.3 is 0 Å². The lowest BCUT2D eigenvalue weighted by atomic mass is 10.1. The third-order valence-electron chi connectivity index (χ3n) is 4.76. The summed E-state index contributed by atoms with van der Waals surface area (Å²) in [5.41, 5.74) is 1.94. The van der Waals surface area contributed by atoms with Gasteiger partial charge in [0.25, 0.3) is 5.91 Å².